The highest BCUT2D eigenvalue weighted by Crippen LogP contribution is 2.37. The average molecular weight is 246 g/mol. The molecule has 0 amide bonds. The van der Waals surface area contributed by atoms with Crippen molar-refractivity contribution in [3.8, 4) is 6.07 Å². The maximum absolute atomic E-state index is 9.30. The van der Waals surface area contributed by atoms with Gasteiger partial charge < -0.3 is 5.32 Å². The first-order chi connectivity index (χ1) is 8.28. The lowest BCUT2D eigenvalue weighted by Crippen LogP contribution is -2.46. The van der Waals surface area contributed by atoms with Gasteiger partial charge in [-0.15, -0.1) is 11.8 Å². The summed E-state index contributed by atoms with van der Waals surface area (Å²) < 4.78 is 0. The molecule has 3 heteroatoms. The molecule has 0 heterocycles. The van der Waals surface area contributed by atoms with Crippen LogP contribution in [0.15, 0.2) is 35.2 Å². The predicted octanol–water partition coefficient (Wildman–Crippen LogP) is 3.20. The van der Waals surface area contributed by atoms with Gasteiger partial charge in [0.2, 0.25) is 0 Å². The van der Waals surface area contributed by atoms with Gasteiger partial charge >= 0.3 is 0 Å². The van der Waals surface area contributed by atoms with Gasteiger partial charge in [-0.1, -0.05) is 18.2 Å². The molecule has 0 radical (unpaired) electrons. The van der Waals surface area contributed by atoms with E-state index in [1.54, 1.807) is 0 Å². The minimum Gasteiger partial charge on any atom is -0.302 e. The van der Waals surface area contributed by atoms with Gasteiger partial charge in [0.05, 0.1) is 6.07 Å². The van der Waals surface area contributed by atoms with Gasteiger partial charge in [-0.3, -0.25) is 0 Å². The number of hydrogen-bond donors (Lipinski definition) is 1. The van der Waals surface area contributed by atoms with Crippen molar-refractivity contribution in [2.75, 3.05) is 7.05 Å². The molecular formula is C14H18N2S. The Morgan fingerprint density at radius 1 is 1.41 bits per heavy atom. The zero-order valence-electron chi connectivity index (χ0n) is 10.1. The SMILES string of the molecule is CNC1(C#N)CCCC(Sc2ccccc2)C1. The third kappa shape index (κ3) is 3.02. The van der Waals surface area contributed by atoms with Crippen molar-refractivity contribution in [1.82, 2.24) is 5.32 Å². The molecule has 1 N–H and O–H groups in total. The lowest BCUT2D eigenvalue weighted by Gasteiger charge is -2.35. The number of thioether (sulfide) groups is 1. The Kier molecular flexibility index (Phi) is 4.09. The summed E-state index contributed by atoms with van der Waals surface area (Å²) in [5.41, 5.74) is -0.301. The van der Waals surface area contributed by atoms with Gasteiger partial charge in [0.15, 0.2) is 0 Å². The first kappa shape index (κ1) is 12.5. The van der Waals surface area contributed by atoms with Gasteiger partial charge in [0, 0.05) is 10.1 Å². The van der Waals surface area contributed by atoms with Gasteiger partial charge in [0.1, 0.15) is 5.54 Å². The Balaban J connectivity index is 2.01. The van der Waals surface area contributed by atoms with Crippen LogP contribution in [0.1, 0.15) is 25.7 Å². The van der Waals surface area contributed by atoms with Crippen LogP contribution in [0.25, 0.3) is 0 Å². The Bertz CT molecular complexity index is 398. The highest BCUT2D eigenvalue weighted by molar-refractivity contribution is 8.00. The van der Waals surface area contributed by atoms with E-state index >= 15 is 0 Å². The molecule has 0 aromatic heterocycles. The normalized spacial score (nSPS) is 28.6. The van der Waals surface area contributed by atoms with Crippen LogP contribution in [0.4, 0.5) is 0 Å². The Morgan fingerprint density at radius 3 is 2.82 bits per heavy atom. The molecule has 2 rings (SSSR count). The van der Waals surface area contributed by atoms with Gasteiger partial charge in [-0.2, -0.15) is 5.26 Å². The Hall–Kier alpha value is -0.980. The molecule has 0 spiro atoms. The molecule has 0 aliphatic heterocycles. The fraction of sp³-hybridized carbons (Fsp3) is 0.500. The molecule has 1 aliphatic rings. The topological polar surface area (TPSA) is 35.8 Å². The maximum Gasteiger partial charge on any atom is 0.107 e. The van der Waals surface area contributed by atoms with Crippen LogP contribution >= 0.6 is 11.8 Å². The van der Waals surface area contributed by atoms with E-state index in [-0.39, 0.29) is 5.54 Å². The summed E-state index contributed by atoms with van der Waals surface area (Å²) in [5.74, 6) is 0. The van der Waals surface area contributed by atoms with Crippen LogP contribution in [-0.2, 0) is 0 Å². The van der Waals surface area contributed by atoms with Crippen LogP contribution in [0.5, 0.6) is 0 Å². The average Bonchev–Trinajstić information content (AvgIpc) is 2.40. The molecule has 2 nitrogen and oxygen atoms in total. The summed E-state index contributed by atoms with van der Waals surface area (Å²) in [4.78, 5) is 1.31. The first-order valence-corrected chi connectivity index (χ1v) is 6.98. The predicted molar refractivity (Wildman–Crippen MR) is 72.0 cm³/mol. The second kappa shape index (κ2) is 5.57. The van der Waals surface area contributed by atoms with E-state index in [2.05, 4.69) is 35.7 Å². The third-order valence-corrected chi connectivity index (χ3v) is 4.72. The number of hydrogen-bond acceptors (Lipinski definition) is 3. The number of rotatable bonds is 3. The standard InChI is InChI=1S/C14H18N2S/c1-16-14(11-15)9-5-8-13(10-14)17-12-6-3-2-4-7-12/h2-4,6-7,13,16H,5,8-10H2,1H3. The Labute approximate surface area is 107 Å². The monoisotopic (exact) mass is 246 g/mol. The molecule has 1 aliphatic carbocycles. The number of benzene rings is 1. The number of nitriles is 1. The summed E-state index contributed by atoms with van der Waals surface area (Å²) in [6, 6.07) is 12.9. The minimum atomic E-state index is -0.301. The summed E-state index contributed by atoms with van der Waals surface area (Å²) >= 11 is 1.91. The van der Waals surface area contributed by atoms with Crippen LogP contribution in [-0.4, -0.2) is 17.8 Å². The summed E-state index contributed by atoms with van der Waals surface area (Å²) in [5, 5.41) is 13.1. The molecular weight excluding hydrogens is 228 g/mol. The summed E-state index contributed by atoms with van der Waals surface area (Å²) in [6.07, 6.45) is 4.27. The van der Waals surface area contributed by atoms with Crippen molar-refractivity contribution in [1.29, 1.82) is 5.26 Å². The second-order valence-corrected chi connectivity index (χ2v) is 5.97. The lowest BCUT2D eigenvalue weighted by molar-refractivity contribution is 0.323. The quantitative estimate of drug-likeness (QED) is 0.889. The van der Waals surface area contributed by atoms with E-state index in [0.29, 0.717) is 5.25 Å². The highest BCUT2D eigenvalue weighted by Gasteiger charge is 2.35. The molecule has 0 saturated heterocycles. The molecule has 2 unspecified atom stereocenters. The second-order valence-electron chi connectivity index (χ2n) is 4.59. The van der Waals surface area contributed by atoms with E-state index in [9.17, 15) is 5.26 Å². The smallest absolute Gasteiger partial charge is 0.107 e. The molecule has 1 fully saturated rings. The van der Waals surface area contributed by atoms with E-state index in [0.717, 1.165) is 19.3 Å². The highest BCUT2D eigenvalue weighted by atomic mass is 32.2. The first-order valence-electron chi connectivity index (χ1n) is 6.10. The summed E-state index contributed by atoms with van der Waals surface area (Å²) in [6.45, 7) is 0. The third-order valence-electron chi connectivity index (χ3n) is 3.44. The zero-order chi connectivity index (χ0) is 12.1. The van der Waals surface area contributed by atoms with Crippen LogP contribution in [0, 0.1) is 11.3 Å². The van der Waals surface area contributed by atoms with Crippen molar-refractivity contribution in [3.63, 3.8) is 0 Å². The largest absolute Gasteiger partial charge is 0.302 e. The van der Waals surface area contributed by atoms with Gasteiger partial charge in [-0.05, 0) is 44.9 Å². The number of nitrogens with one attached hydrogen (secondary N) is 1. The van der Waals surface area contributed by atoms with E-state index in [1.165, 1.54) is 11.3 Å². The molecule has 1 aromatic rings. The van der Waals surface area contributed by atoms with E-state index < -0.39 is 0 Å². The maximum atomic E-state index is 9.30. The molecule has 2 atom stereocenters. The van der Waals surface area contributed by atoms with Crippen LogP contribution < -0.4 is 5.32 Å². The van der Waals surface area contributed by atoms with Crippen LogP contribution in [0.2, 0.25) is 0 Å². The molecule has 1 aromatic carbocycles. The van der Waals surface area contributed by atoms with Gasteiger partial charge in [-0.25, -0.2) is 0 Å². The fourth-order valence-corrected chi connectivity index (χ4v) is 3.75. The zero-order valence-corrected chi connectivity index (χ0v) is 11.0. The molecule has 1 saturated carbocycles. The van der Waals surface area contributed by atoms with Crippen molar-refractivity contribution < 1.29 is 0 Å². The van der Waals surface area contributed by atoms with Crippen molar-refractivity contribution in [2.24, 2.45) is 0 Å². The van der Waals surface area contributed by atoms with Crippen molar-refractivity contribution in [2.45, 2.75) is 41.4 Å². The van der Waals surface area contributed by atoms with Gasteiger partial charge in [0.25, 0.3) is 0 Å². The van der Waals surface area contributed by atoms with Crippen molar-refractivity contribution >= 4 is 11.8 Å². The van der Waals surface area contributed by atoms with Crippen molar-refractivity contribution in [3.05, 3.63) is 30.3 Å². The molecule has 17 heavy (non-hydrogen) atoms. The summed E-state index contributed by atoms with van der Waals surface area (Å²) in [7, 11) is 1.90. The van der Waals surface area contributed by atoms with Crippen LogP contribution in [0.3, 0.4) is 0 Å². The fourth-order valence-electron chi connectivity index (χ4n) is 2.40. The van der Waals surface area contributed by atoms with E-state index in [4.69, 9.17) is 0 Å². The lowest BCUT2D eigenvalue weighted by atomic mass is 9.83. The molecule has 90 valence electrons. The number of nitrogens with zero attached hydrogens (tertiary/aromatic N) is 1. The van der Waals surface area contributed by atoms with E-state index in [1.807, 2.05) is 24.9 Å². The Morgan fingerprint density at radius 2 is 2.18 bits per heavy atom. The molecule has 0 bridgehead atoms. The minimum absolute atomic E-state index is 0.301.